The van der Waals surface area contributed by atoms with Crippen LogP contribution in [0.5, 0.6) is 0 Å². The fourth-order valence-corrected chi connectivity index (χ4v) is 4.26. The van der Waals surface area contributed by atoms with Gasteiger partial charge in [0.1, 0.15) is 0 Å². The maximum absolute atomic E-state index is 14.2. The Labute approximate surface area is 176 Å². The van der Waals surface area contributed by atoms with Crippen LogP contribution in [0.1, 0.15) is 70.0 Å². The standard InChI is InChI=1S/C24H31F3N2O/c1-4-5-6-7-8-11-17-14-15-20(19-13-10-9-12-18(17)19)21(24(25,26)27)29-16-23(2,3)22(30)28-29/h9-10,12-15,21H,4-8,11,16H2,1-3H3,(H,28,30)/t21-/m0/s1. The van der Waals surface area contributed by atoms with E-state index >= 15 is 0 Å². The summed E-state index contributed by atoms with van der Waals surface area (Å²) in [5.74, 6) is -0.384. The van der Waals surface area contributed by atoms with E-state index in [2.05, 4.69) is 12.3 Å². The predicted molar refractivity (Wildman–Crippen MR) is 114 cm³/mol. The molecule has 1 aliphatic rings. The molecule has 164 valence electrons. The Balaban J connectivity index is 1.95. The van der Waals surface area contributed by atoms with Gasteiger partial charge in [0.25, 0.3) is 0 Å². The molecule has 1 saturated heterocycles. The molecule has 3 nitrogen and oxygen atoms in total. The second-order valence-corrected chi connectivity index (χ2v) is 8.92. The predicted octanol–water partition coefficient (Wildman–Crippen LogP) is 6.33. The Morgan fingerprint density at radius 2 is 1.70 bits per heavy atom. The quantitative estimate of drug-likeness (QED) is 0.506. The minimum atomic E-state index is -4.52. The second kappa shape index (κ2) is 8.96. The summed E-state index contributed by atoms with van der Waals surface area (Å²) in [4.78, 5) is 12.2. The smallest absolute Gasteiger partial charge is 0.287 e. The number of alkyl halides is 3. The van der Waals surface area contributed by atoms with E-state index in [9.17, 15) is 18.0 Å². The average molecular weight is 421 g/mol. The maximum atomic E-state index is 14.2. The first-order chi connectivity index (χ1) is 14.1. The number of nitrogens with zero attached hydrogens (tertiary/aromatic N) is 1. The van der Waals surface area contributed by atoms with Gasteiger partial charge in [-0.1, -0.05) is 69.0 Å². The summed E-state index contributed by atoms with van der Waals surface area (Å²) in [6, 6.07) is 8.85. The molecule has 0 radical (unpaired) electrons. The van der Waals surface area contributed by atoms with Gasteiger partial charge in [0, 0.05) is 6.54 Å². The van der Waals surface area contributed by atoms with E-state index in [1.165, 1.54) is 19.3 Å². The maximum Gasteiger partial charge on any atom is 0.409 e. The summed E-state index contributed by atoms with van der Waals surface area (Å²) in [6.45, 7) is 5.50. The lowest BCUT2D eigenvalue weighted by atomic mass is 9.91. The van der Waals surface area contributed by atoms with Crippen LogP contribution in [-0.2, 0) is 11.2 Å². The third-order valence-corrected chi connectivity index (χ3v) is 5.94. The van der Waals surface area contributed by atoms with Crippen molar-refractivity contribution >= 4 is 16.7 Å². The number of hydrazine groups is 1. The molecule has 1 fully saturated rings. The van der Waals surface area contributed by atoms with Gasteiger partial charge in [0.05, 0.1) is 5.41 Å². The summed E-state index contributed by atoms with van der Waals surface area (Å²) in [5.41, 5.74) is 2.86. The van der Waals surface area contributed by atoms with E-state index in [-0.39, 0.29) is 18.0 Å². The monoisotopic (exact) mass is 420 g/mol. The molecule has 1 amide bonds. The van der Waals surface area contributed by atoms with E-state index in [0.29, 0.717) is 5.39 Å². The zero-order chi connectivity index (χ0) is 21.9. The summed E-state index contributed by atoms with van der Waals surface area (Å²) < 4.78 is 42.6. The Hall–Kier alpha value is -2.08. The normalized spacial score (nSPS) is 18.0. The lowest BCUT2D eigenvalue weighted by Gasteiger charge is -2.31. The fourth-order valence-electron chi connectivity index (χ4n) is 4.26. The third-order valence-electron chi connectivity index (χ3n) is 5.94. The summed E-state index contributed by atoms with van der Waals surface area (Å²) in [6.07, 6.45) is 2.08. The number of fused-ring (bicyclic) bond motifs is 1. The molecular formula is C24H31F3N2O. The van der Waals surface area contributed by atoms with Crippen LogP contribution in [0.4, 0.5) is 13.2 Å². The number of carbonyl (C=O) groups excluding carboxylic acids is 1. The molecule has 0 aliphatic carbocycles. The number of hydrogen-bond acceptors (Lipinski definition) is 2. The third kappa shape index (κ3) is 4.80. The van der Waals surface area contributed by atoms with Crippen LogP contribution >= 0.6 is 0 Å². The van der Waals surface area contributed by atoms with E-state index in [0.717, 1.165) is 35.2 Å². The van der Waals surface area contributed by atoms with Crippen molar-refractivity contribution in [3.63, 3.8) is 0 Å². The van der Waals surface area contributed by atoms with Gasteiger partial charge < -0.3 is 0 Å². The molecule has 1 atom stereocenters. The molecule has 30 heavy (non-hydrogen) atoms. The van der Waals surface area contributed by atoms with Crippen LogP contribution in [-0.4, -0.2) is 23.6 Å². The number of benzene rings is 2. The Morgan fingerprint density at radius 3 is 2.30 bits per heavy atom. The summed E-state index contributed by atoms with van der Waals surface area (Å²) in [5, 5.41) is 2.52. The molecule has 3 rings (SSSR count). The highest BCUT2D eigenvalue weighted by atomic mass is 19.4. The number of carbonyl (C=O) groups is 1. The van der Waals surface area contributed by atoms with Crippen molar-refractivity contribution in [3.8, 4) is 0 Å². The molecule has 0 unspecified atom stereocenters. The molecule has 1 N–H and O–H groups in total. The molecule has 6 heteroatoms. The van der Waals surface area contributed by atoms with Crippen molar-refractivity contribution in [2.24, 2.45) is 5.41 Å². The first kappa shape index (κ1) is 22.6. The molecule has 1 heterocycles. The Bertz CT molecular complexity index is 892. The van der Waals surface area contributed by atoms with E-state index in [1.807, 2.05) is 18.2 Å². The summed E-state index contributed by atoms with van der Waals surface area (Å²) in [7, 11) is 0. The average Bonchev–Trinajstić information content (AvgIpc) is 2.94. The van der Waals surface area contributed by atoms with Crippen molar-refractivity contribution in [2.45, 2.75) is 71.5 Å². The first-order valence-corrected chi connectivity index (χ1v) is 10.8. The molecule has 2 aromatic rings. The van der Waals surface area contributed by atoms with Crippen molar-refractivity contribution < 1.29 is 18.0 Å². The van der Waals surface area contributed by atoms with Crippen molar-refractivity contribution in [3.05, 3.63) is 47.5 Å². The number of rotatable bonds is 8. The molecule has 0 spiro atoms. The zero-order valence-corrected chi connectivity index (χ0v) is 18.0. The van der Waals surface area contributed by atoms with Crippen LogP contribution in [0.25, 0.3) is 10.8 Å². The lowest BCUT2D eigenvalue weighted by Crippen LogP contribution is -2.43. The van der Waals surface area contributed by atoms with Crippen LogP contribution in [0, 0.1) is 5.41 Å². The summed E-state index contributed by atoms with van der Waals surface area (Å²) >= 11 is 0. The fraction of sp³-hybridized carbons (Fsp3) is 0.542. The minimum Gasteiger partial charge on any atom is -0.287 e. The minimum absolute atomic E-state index is 0.00349. The van der Waals surface area contributed by atoms with Gasteiger partial charge in [-0.15, -0.1) is 0 Å². The molecule has 0 saturated carbocycles. The first-order valence-electron chi connectivity index (χ1n) is 10.8. The van der Waals surface area contributed by atoms with Crippen molar-refractivity contribution in [1.29, 1.82) is 0 Å². The zero-order valence-electron chi connectivity index (χ0n) is 18.0. The Kier molecular flexibility index (Phi) is 6.75. The van der Waals surface area contributed by atoms with Crippen LogP contribution in [0.2, 0.25) is 0 Å². The SMILES string of the molecule is CCCCCCCc1ccc([C@H](N2CC(C)(C)C(=O)N2)C(F)(F)F)c2ccccc12. The number of amides is 1. The van der Waals surface area contributed by atoms with Crippen LogP contribution in [0.15, 0.2) is 36.4 Å². The van der Waals surface area contributed by atoms with Gasteiger partial charge in [-0.25, -0.2) is 5.01 Å². The molecular weight excluding hydrogens is 389 g/mol. The van der Waals surface area contributed by atoms with Gasteiger partial charge in [-0.3, -0.25) is 10.2 Å². The highest BCUT2D eigenvalue weighted by Gasteiger charge is 2.51. The van der Waals surface area contributed by atoms with E-state index in [4.69, 9.17) is 0 Å². The van der Waals surface area contributed by atoms with Gasteiger partial charge in [0.15, 0.2) is 6.04 Å². The van der Waals surface area contributed by atoms with Gasteiger partial charge in [-0.05, 0) is 48.6 Å². The van der Waals surface area contributed by atoms with Gasteiger partial charge >= 0.3 is 6.18 Å². The molecule has 0 bridgehead atoms. The lowest BCUT2D eigenvalue weighted by molar-refractivity contribution is -0.191. The number of hydrogen-bond donors (Lipinski definition) is 1. The highest BCUT2D eigenvalue weighted by Crippen LogP contribution is 2.43. The van der Waals surface area contributed by atoms with Gasteiger partial charge in [0.2, 0.25) is 5.91 Å². The molecule has 2 aromatic carbocycles. The molecule has 1 aliphatic heterocycles. The number of nitrogens with one attached hydrogen (secondary N) is 1. The van der Waals surface area contributed by atoms with Crippen LogP contribution < -0.4 is 5.43 Å². The highest BCUT2D eigenvalue weighted by molar-refractivity contribution is 5.89. The number of halogens is 3. The van der Waals surface area contributed by atoms with E-state index in [1.54, 1.807) is 32.0 Å². The molecule has 0 aromatic heterocycles. The van der Waals surface area contributed by atoms with Crippen molar-refractivity contribution in [1.82, 2.24) is 10.4 Å². The largest absolute Gasteiger partial charge is 0.409 e. The number of unbranched alkanes of at least 4 members (excludes halogenated alkanes) is 4. The van der Waals surface area contributed by atoms with Crippen molar-refractivity contribution in [2.75, 3.05) is 6.54 Å². The topological polar surface area (TPSA) is 32.3 Å². The van der Waals surface area contributed by atoms with Gasteiger partial charge in [-0.2, -0.15) is 13.2 Å². The second-order valence-electron chi connectivity index (χ2n) is 8.92. The Morgan fingerprint density at radius 1 is 1.03 bits per heavy atom. The van der Waals surface area contributed by atoms with E-state index < -0.39 is 17.6 Å². The number of aryl methyl sites for hydroxylation is 1. The van der Waals surface area contributed by atoms with Crippen LogP contribution in [0.3, 0.4) is 0 Å².